The van der Waals surface area contributed by atoms with Gasteiger partial charge in [-0.2, -0.15) is 0 Å². The first-order chi connectivity index (χ1) is 8.68. The fourth-order valence-electron chi connectivity index (χ4n) is 1.80. The fraction of sp³-hybridized carbons (Fsp3) is 0.923. The smallest absolute Gasteiger partial charge is 0.309 e. The largest absolute Gasteiger partial charge is 0.330 e. The monoisotopic (exact) mass is 278 g/mol. The van der Waals surface area contributed by atoms with Crippen molar-refractivity contribution in [3.05, 3.63) is 0 Å². The molecule has 0 N–H and O–H groups in total. The van der Waals surface area contributed by atoms with Crippen LogP contribution in [0.15, 0.2) is 0 Å². The predicted molar refractivity (Wildman–Crippen MR) is 74.1 cm³/mol. The highest BCUT2D eigenvalue weighted by molar-refractivity contribution is 7.53. The topological polar surface area (TPSA) is 52.6 Å². The normalized spacial score (nSPS) is 11.7. The maximum Gasteiger partial charge on any atom is 0.330 e. The van der Waals surface area contributed by atoms with Crippen LogP contribution in [0.25, 0.3) is 0 Å². The minimum Gasteiger partial charge on any atom is -0.309 e. The van der Waals surface area contributed by atoms with Crippen molar-refractivity contribution < 1.29 is 18.4 Å². The van der Waals surface area contributed by atoms with Crippen molar-refractivity contribution in [3.63, 3.8) is 0 Å². The average Bonchev–Trinajstić information content (AvgIpc) is 2.33. The molecule has 0 amide bonds. The van der Waals surface area contributed by atoms with Gasteiger partial charge in [-0.25, -0.2) is 0 Å². The molecule has 0 atom stereocenters. The minimum absolute atomic E-state index is 0.434. The van der Waals surface area contributed by atoms with Crippen LogP contribution >= 0.6 is 7.60 Å². The highest BCUT2D eigenvalue weighted by Crippen LogP contribution is 2.48. The highest BCUT2D eigenvalue weighted by atomic mass is 31.2. The molecule has 0 aliphatic carbocycles. The van der Waals surface area contributed by atoms with Gasteiger partial charge in [0.1, 0.15) is 6.29 Å². The van der Waals surface area contributed by atoms with Crippen LogP contribution in [0.1, 0.15) is 58.8 Å². The Balaban J connectivity index is 3.55. The van der Waals surface area contributed by atoms with E-state index in [1.54, 1.807) is 0 Å². The molecular formula is C13H27O4P. The first-order valence-electron chi connectivity index (χ1n) is 7.00. The number of rotatable bonds is 13. The van der Waals surface area contributed by atoms with Crippen molar-refractivity contribution in [2.24, 2.45) is 0 Å². The van der Waals surface area contributed by atoms with Gasteiger partial charge in [-0.1, -0.05) is 25.7 Å². The van der Waals surface area contributed by atoms with Crippen molar-refractivity contribution in [1.82, 2.24) is 0 Å². The summed E-state index contributed by atoms with van der Waals surface area (Å²) in [5.74, 6) is 0. The van der Waals surface area contributed by atoms with E-state index in [0.717, 1.165) is 44.8 Å². The molecule has 108 valence electrons. The van der Waals surface area contributed by atoms with Crippen molar-refractivity contribution in [2.75, 3.05) is 19.4 Å². The van der Waals surface area contributed by atoms with Crippen LogP contribution in [0.3, 0.4) is 0 Å². The van der Waals surface area contributed by atoms with Crippen LogP contribution in [0, 0.1) is 0 Å². The molecule has 5 heteroatoms. The van der Waals surface area contributed by atoms with Crippen LogP contribution < -0.4 is 0 Å². The maximum atomic E-state index is 12.1. The summed E-state index contributed by atoms with van der Waals surface area (Å²) in [4.78, 5) is 10.1. The fourth-order valence-corrected chi connectivity index (χ4v) is 3.53. The molecule has 0 aromatic carbocycles. The quantitative estimate of drug-likeness (QED) is 0.288. The van der Waals surface area contributed by atoms with Crippen LogP contribution in [0.5, 0.6) is 0 Å². The second-order valence-corrected chi connectivity index (χ2v) is 6.43. The van der Waals surface area contributed by atoms with Gasteiger partial charge < -0.3 is 13.8 Å². The van der Waals surface area contributed by atoms with Gasteiger partial charge in [-0.05, 0) is 26.7 Å². The van der Waals surface area contributed by atoms with Crippen LogP contribution in [0.4, 0.5) is 0 Å². The van der Waals surface area contributed by atoms with Crippen molar-refractivity contribution >= 4 is 13.9 Å². The van der Waals surface area contributed by atoms with Gasteiger partial charge in [0.15, 0.2) is 0 Å². The summed E-state index contributed by atoms with van der Waals surface area (Å²) >= 11 is 0. The number of carbonyl (C=O) groups is 1. The molecule has 0 aliphatic heterocycles. The summed E-state index contributed by atoms with van der Waals surface area (Å²) < 4.78 is 22.6. The molecule has 18 heavy (non-hydrogen) atoms. The van der Waals surface area contributed by atoms with Crippen LogP contribution in [0.2, 0.25) is 0 Å². The number of hydrogen-bond donors (Lipinski definition) is 0. The Bertz CT molecular complexity index is 233. The number of carbonyl (C=O) groups excluding carboxylic acids is 1. The third-order valence-corrected chi connectivity index (χ3v) is 4.82. The first kappa shape index (κ1) is 17.8. The lowest BCUT2D eigenvalue weighted by atomic mass is 10.1. The van der Waals surface area contributed by atoms with E-state index in [0.29, 0.717) is 25.8 Å². The Morgan fingerprint density at radius 1 is 0.889 bits per heavy atom. The molecule has 0 radical (unpaired) electrons. The van der Waals surface area contributed by atoms with Gasteiger partial charge in [0, 0.05) is 6.42 Å². The maximum absolute atomic E-state index is 12.1. The molecule has 0 rings (SSSR count). The Hall–Kier alpha value is -0.180. The average molecular weight is 278 g/mol. The van der Waals surface area contributed by atoms with E-state index in [4.69, 9.17) is 9.05 Å². The third-order valence-electron chi connectivity index (χ3n) is 2.66. The third kappa shape index (κ3) is 9.81. The lowest BCUT2D eigenvalue weighted by Gasteiger charge is -2.16. The second-order valence-electron chi connectivity index (χ2n) is 4.25. The number of unbranched alkanes of at least 4 members (excludes halogenated alkanes) is 6. The molecule has 0 spiro atoms. The summed E-state index contributed by atoms with van der Waals surface area (Å²) in [5.41, 5.74) is 0. The van der Waals surface area contributed by atoms with Crippen LogP contribution in [-0.4, -0.2) is 25.7 Å². The van der Waals surface area contributed by atoms with Gasteiger partial charge in [-0.3, -0.25) is 4.57 Å². The van der Waals surface area contributed by atoms with E-state index in [9.17, 15) is 9.36 Å². The Morgan fingerprint density at radius 2 is 1.39 bits per heavy atom. The van der Waals surface area contributed by atoms with E-state index in [1.807, 2.05) is 13.8 Å². The lowest BCUT2D eigenvalue weighted by Crippen LogP contribution is -2.00. The summed E-state index contributed by atoms with van der Waals surface area (Å²) in [5, 5.41) is 0. The minimum atomic E-state index is -2.83. The summed E-state index contributed by atoms with van der Waals surface area (Å²) in [6.07, 6.45) is 8.44. The molecule has 0 heterocycles. The molecule has 0 unspecified atom stereocenters. The summed E-state index contributed by atoms with van der Waals surface area (Å²) in [6.45, 7) is 4.53. The zero-order valence-corrected chi connectivity index (χ0v) is 12.6. The molecule has 0 bridgehead atoms. The van der Waals surface area contributed by atoms with Crippen molar-refractivity contribution in [1.29, 1.82) is 0 Å². The van der Waals surface area contributed by atoms with E-state index < -0.39 is 7.60 Å². The van der Waals surface area contributed by atoms with Gasteiger partial charge in [0.05, 0.1) is 19.4 Å². The molecule has 0 aromatic heterocycles. The Morgan fingerprint density at radius 3 is 1.89 bits per heavy atom. The van der Waals surface area contributed by atoms with E-state index in [2.05, 4.69) is 0 Å². The van der Waals surface area contributed by atoms with Crippen LogP contribution in [-0.2, 0) is 18.4 Å². The zero-order chi connectivity index (χ0) is 13.7. The number of hydrogen-bond acceptors (Lipinski definition) is 4. The molecule has 0 aliphatic rings. The SMILES string of the molecule is CCOP(=O)(CCCCCCCCC=O)OCC. The zero-order valence-electron chi connectivity index (χ0n) is 11.7. The molecule has 0 saturated carbocycles. The van der Waals surface area contributed by atoms with Gasteiger partial charge in [0.2, 0.25) is 0 Å². The molecule has 0 aromatic rings. The Kier molecular flexibility index (Phi) is 11.8. The number of aldehydes is 1. The van der Waals surface area contributed by atoms with E-state index in [-0.39, 0.29) is 0 Å². The predicted octanol–water partition coefficient (Wildman–Crippen LogP) is 4.18. The van der Waals surface area contributed by atoms with Gasteiger partial charge in [-0.15, -0.1) is 0 Å². The molecule has 0 fully saturated rings. The van der Waals surface area contributed by atoms with Crippen molar-refractivity contribution in [2.45, 2.75) is 58.8 Å². The van der Waals surface area contributed by atoms with Crippen molar-refractivity contribution in [3.8, 4) is 0 Å². The highest BCUT2D eigenvalue weighted by Gasteiger charge is 2.22. The van der Waals surface area contributed by atoms with E-state index in [1.165, 1.54) is 0 Å². The molecular weight excluding hydrogens is 251 g/mol. The summed E-state index contributed by atoms with van der Waals surface area (Å²) in [6, 6.07) is 0. The first-order valence-corrected chi connectivity index (χ1v) is 8.73. The molecule has 0 saturated heterocycles. The second kappa shape index (κ2) is 11.9. The lowest BCUT2D eigenvalue weighted by molar-refractivity contribution is -0.107. The standard InChI is InChI=1S/C13H27O4P/c1-3-16-18(15,17-4-2)13-11-9-7-5-6-8-10-12-14/h12H,3-11,13H2,1-2H3. The van der Waals surface area contributed by atoms with Gasteiger partial charge >= 0.3 is 7.60 Å². The molecule has 4 nitrogen and oxygen atoms in total. The Labute approximate surface area is 111 Å². The summed E-state index contributed by atoms with van der Waals surface area (Å²) in [7, 11) is -2.83. The van der Waals surface area contributed by atoms with Gasteiger partial charge in [0.25, 0.3) is 0 Å². The van der Waals surface area contributed by atoms with E-state index >= 15 is 0 Å².